The fourth-order valence-electron chi connectivity index (χ4n) is 2.90. The van der Waals surface area contributed by atoms with Crippen molar-refractivity contribution in [1.29, 1.82) is 0 Å². The molecule has 2 aromatic rings. The first kappa shape index (κ1) is 16.0. The third-order valence-electron chi connectivity index (χ3n) is 4.04. The van der Waals surface area contributed by atoms with E-state index in [-0.39, 0.29) is 0 Å². The average Bonchev–Trinajstić information content (AvgIpc) is 2.84. The molecule has 118 valence electrons. The Balaban J connectivity index is 1.69. The summed E-state index contributed by atoms with van der Waals surface area (Å²) < 4.78 is 5.58. The lowest BCUT2D eigenvalue weighted by atomic mass is 10.0. The Morgan fingerprint density at radius 1 is 1.09 bits per heavy atom. The summed E-state index contributed by atoms with van der Waals surface area (Å²) in [5, 5.41) is 6.33. The highest BCUT2D eigenvalue weighted by atomic mass is 32.2. The fourth-order valence-corrected chi connectivity index (χ4v) is 5.37. The van der Waals surface area contributed by atoms with Gasteiger partial charge in [0.05, 0.1) is 7.11 Å². The maximum atomic E-state index is 5.58. The molecule has 3 rings (SSSR count). The van der Waals surface area contributed by atoms with Crippen LogP contribution < -0.4 is 10.1 Å². The van der Waals surface area contributed by atoms with Crippen molar-refractivity contribution in [2.24, 2.45) is 0 Å². The van der Waals surface area contributed by atoms with Gasteiger partial charge in [0, 0.05) is 34.6 Å². The van der Waals surface area contributed by atoms with E-state index in [9.17, 15) is 0 Å². The molecule has 0 aromatic heterocycles. The first-order chi connectivity index (χ1) is 10.9. The smallest absolute Gasteiger partial charge is 0.122 e. The lowest BCUT2D eigenvalue weighted by molar-refractivity contribution is 0.409. The van der Waals surface area contributed by atoms with E-state index in [0.29, 0.717) is 6.04 Å². The Morgan fingerprint density at radius 3 is 2.64 bits per heavy atom. The van der Waals surface area contributed by atoms with Crippen molar-refractivity contribution < 1.29 is 4.74 Å². The van der Waals surface area contributed by atoms with E-state index in [2.05, 4.69) is 65.2 Å². The van der Waals surface area contributed by atoms with E-state index in [4.69, 9.17) is 4.74 Å². The summed E-state index contributed by atoms with van der Waals surface area (Å²) in [6.07, 6.45) is 1.01. The van der Waals surface area contributed by atoms with Crippen molar-refractivity contribution in [2.45, 2.75) is 12.5 Å². The molecular formula is C18H23NOS2. The second-order valence-electron chi connectivity index (χ2n) is 5.52. The van der Waals surface area contributed by atoms with Gasteiger partial charge >= 0.3 is 0 Å². The van der Waals surface area contributed by atoms with Crippen molar-refractivity contribution in [1.82, 2.24) is 5.32 Å². The second-order valence-corrected chi connectivity index (χ2v) is 7.82. The van der Waals surface area contributed by atoms with Crippen molar-refractivity contribution in [2.75, 3.05) is 36.7 Å². The van der Waals surface area contributed by atoms with E-state index in [1.54, 1.807) is 7.11 Å². The second kappa shape index (κ2) is 8.14. The van der Waals surface area contributed by atoms with Crippen LogP contribution in [0.3, 0.4) is 0 Å². The lowest BCUT2D eigenvalue weighted by Gasteiger charge is -2.17. The van der Waals surface area contributed by atoms with Crippen molar-refractivity contribution >= 4 is 34.3 Å². The largest absolute Gasteiger partial charge is 0.496 e. The van der Waals surface area contributed by atoms with Gasteiger partial charge in [-0.3, -0.25) is 0 Å². The van der Waals surface area contributed by atoms with Crippen LogP contribution in [0.25, 0.3) is 10.8 Å². The zero-order valence-electron chi connectivity index (χ0n) is 13.0. The molecule has 0 atom stereocenters. The number of hydrogen-bond donors (Lipinski definition) is 1. The molecule has 0 bridgehead atoms. The minimum Gasteiger partial charge on any atom is -0.496 e. The van der Waals surface area contributed by atoms with E-state index >= 15 is 0 Å². The number of benzene rings is 2. The van der Waals surface area contributed by atoms with Crippen molar-refractivity contribution in [3.63, 3.8) is 0 Å². The molecule has 0 aliphatic carbocycles. The van der Waals surface area contributed by atoms with Gasteiger partial charge in [0.25, 0.3) is 0 Å². The quantitative estimate of drug-likeness (QED) is 0.897. The van der Waals surface area contributed by atoms with Crippen molar-refractivity contribution in [3.8, 4) is 5.75 Å². The van der Waals surface area contributed by atoms with Crippen LogP contribution in [0.4, 0.5) is 0 Å². The van der Waals surface area contributed by atoms with E-state index in [1.807, 2.05) is 0 Å². The van der Waals surface area contributed by atoms with E-state index in [0.717, 1.165) is 18.7 Å². The van der Waals surface area contributed by atoms with Crippen LogP contribution in [0.2, 0.25) is 0 Å². The standard InChI is InChI=1S/C18H23NOS2/c1-20-18-7-6-14-4-2-3-5-16(14)17(18)8-9-19-15-12-21-10-11-22-13-15/h2-7,15,19H,8-13H2,1H3. The Kier molecular flexibility index (Phi) is 5.93. The van der Waals surface area contributed by atoms with Crippen LogP contribution in [0.1, 0.15) is 5.56 Å². The maximum Gasteiger partial charge on any atom is 0.122 e. The number of ether oxygens (including phenoxy) is 1. The molecule has 4 heteroatoms. The van der Waals surface area contributed by atoms with Crippen LogP contribution in [0.5, 0.6) is 5.75 Å². The Bertz CT molecular complexity index is 609. The highest BCUT2D eigenvalue weighted by molar-refractivity contribution is 8.03. The molecule has 1 aliphatic rings. The molecule has 1 fully saturated rings. The normalized spacial score (nSPS) is 16.6. The van der Waals surface area contributed by atoms with Gasteiger partial charge < -0.3 is 10.1 Å². The molecule has 22 heavy (non-hydrogen) atoms. The van der Waals surface area contributed by atoms with E-state index < -0.39 is 0 Å². The molecule has 0 saturated carbocycles. The minimum atomic E-state index is 0.637. The van der Waals surface area contributed by atoms with Gasteiger partial charge in [-0.15, -0.1) is 0 Å². The molecule has 0 radical (unpaired) electrons. The van der Waals surface area contributed by atoms with Gasteiger partial charge in [0.1, 0.15) is 5.75 Å². The molecular weight excluding hydrogens is 310 g/mol. The van der Waals surface area contributed by atoms with Gasteiger partial charge in [0.2, 0.25) is 0 Å². The Morgan fingerprint density at radius 2 is 1.86 bits per heavy atom. The first-order valence-electron chi connectivity index (χ1n) is 7.82. The zero-order valence-corrected chi connectivity index (χ0v) is 14.6. The predicted octanol–water partition coefficient (Wildman–Crippen LogP) is 3.83. The molecule has 1 heterocycles. The van der Waals surface area contributed by atoms with Crippen LogP contribution in [-0.2, 0) is 6.42 Å². The van der Waals surface area contributed by atoms with Gasteiger partial charge in [-0.05, 0) is 29.8 Å². The Labute approximate surface area is 141 Å². The molecule has 1 aliphatic heterocycles. The van der Waals surface area contributed by atoms with Crippen LogP contribution in [0.15, 0.2) is 36.4 Å². The summed E-state index contributed by atoms with van der Waals surface area (Å²) in [7, 11) is 1.76. The monoisotopic (exact) mass is 333 g/mol. The number of hydrogen-bond acceptors (Lipinski definition) is 4. The molecule has 0 unspecified atom stereocenters. The third-order valence-corrected chi connectivity index (χ3v) is 6.56. The summed E-state index contributed by atoms with van der Waals surface area (Å²) in [4.78, 5) is 0. The van der Waals surface area contributed by atoms with Gasteiger partial charge in [0.15, 0.2) is 0 Å². The Hall–Kier alpha value is -0.840. The molecule has 0 spiro atoms. The average molecular weight is 334 g/mol. The summed E-state index contributed by atoms with van der Waals surface area (Å²) in [6, 6.07) is 13.4. The van der Waals surface area contributed by atoms with Gasteiger partial charge in [-0.25, -0.2) is 0 Å². The topological polar surface area (TPSA) is 21.3 Å². The SMILES string of the molecule is COc1ccc2ccccc2c1CCNC1CSCCSC1. The highest BCUT2D eigenvalue weighted by Crippen LogP contribution is 2.28. The molecule has 0 amide bonds. The van der Waals surface area contributed by atoms with E-state index in [1.165, 1.54) is 39.3 Å². The summed E-state index contributed by atoms with van der Waals surface area (Å²) in [5.41, 5.74) is 1.32. The summed E-state index contributed by atoms with van der Waals surface area (Å²) in [6.45, 7) is 1.01. The van der Waals surface area contributed by atoms with Crippen molar-refractivity contribution in [3.05, 3.63) is 42.0 Å². The third kappa shape index (κ3) is 3.92. The number of thioether (sulfide) groups is 2. The van der Waals surface area contributed by atoms with Gasteiger partial charge in [-0.1, -0.05) is 30.3 Å². The zero-order chi connectivity index (χ0) is 15.2. The number of fused-ring (bicyclic) bond motifs is 1. The van der Waals surface area contributed by atoms with Crippen LogP contribution in [-0.4, -0.2) is 42.7 Å². The van der Waals surface area contributed by atoms with Crippen LogP contribution >= 0.6 is 23.5 Å². The highest BCUT2D eigenvalue weighted by Gasteiger charge is 2.13. The van der Waals surface area contributed by atoms with Gasteiger partial charge in [-0.2, -0.15) is 23.5 Å². The molecule has 2 aromatic carbocycles. The molecule has 1 N–H and O–H groups in total. The molecule has 1 saturated heterocycles. The first-order valence-corrected chi connectivity index (χ1v) is 10.1. The minimum absolute atomic E-state index is 0.637. The fraction of sp³-hybridized carbons (Fsp3) is 0.444. The summed E-state index contributed by atoms with van der Waals surface area (Å²) >= 11 is 4.14. The maximum absolute atomic E-state index is 5.58. The predicted molar refractivity (Wildman–Crippen MR) is 101 cm³/mol. The van der Waals surface area contributed by atoms with Crippen LogP contribution in [0, 0.1) is 0 Å². The number of nitrogens with one attached hydrogen (secondary N) is 1. The molecule has 2 nitrogen and oxygen atoms in total. The number of rotatable bonds is 5. The number of methoxy groups -OCH3 is 1. The lowest BCUT2D eigenvalue weighted by Crippen LogP contribution is -2.34. The summed E-state index contributed by atoms with van der Waals surface area (Å²) in [5.74, 6) is 6.06.